The molecule has 29 heavy (non-hydrogen) atoms. The zero-order chi connectivity index (χ0) is 20.7. The minimum atomic E-state index is 0.0185. The molecule has 0 aliphatic carbocycles. The summed E-state index contributed by atoms with van der Waals surface area (Å²) in [7, 11) is 0. The lowest BCUT2D eigenvalue weighted by Gasteiger charge is -2.26. The molecule has 3 aromatic rings. The summed E-state index contributed by atoms with van der Waals surface area (Å²) >= 11 is 3.16. The van der Waals surface area contributed by atoms with Gasteiger partial charge in [0, 0.05) is 17.1 Å². The molecule has 1 atom stereocenters. The van der Waals surface area contributed by atoms with Crippen LogP contribution >= 0.6 is 23.1 Å². The number of hydrogen-bond donors (Lipinski definition) is 0. The maximum absolute atomic E-state index is 13.7. The molecule has 1 aliphatic rings. The van der Waals surface area contributed by atoms with Crippen LogP contribution in [0.1, 0.15) is 36.8 Å². The number of benzene rings is 1. The van der Waals surface area contributed by atoms with Crippen LogP contribution in [0.2, 0.25) is 0 Å². The Kier molecular flexibility index (Phi) is 5.69. The molecule has 2 aromatic heterocycles. The fourth-order valence-corrected chi connectivity index (χ4v) is 5.56. The van der Waals surface area contributed by atoms with Crippen molar-refractivity contribution >= 4 is 33.3 Å². The van der Waals surface area contributed by atoms with E-state index in [1.807, 2.05) is 38.1 Å². The van der Waals surface area contributed by atoms with Crippen LogP contribution in [0.3, 0.4) is 0 Å². The molecule has 1 aliphatic heterocycles. The van der Waals surface area contributed by atoms with Gasteiger partial charge in [0.05, 0.1) is 23.8 Å². The Bertz CT molecular complexity index is 1130. The van der Waals surface area contributed by atoms with Crippen molar-refractivity contribution in [3.05, 3.63) is 62.8 Å². The monoisotopic (exact) mass is 426 g/mol. The third kappa shape index (κ3) is 3.93. The van der Waals surface area contributed by atoms with Gasteiger partial charge in [0.15, 0.2) is 5.16 Å². The summed E-state index contributed by atoms with van der Waals surface area (Å²) in [5, 5.41) is 1.48. The van der Waals surface area contributed by atoms with E-state index < -0.39 is 0 Å². The molecule has 4 nitrogen and oxygen atoms in total. The lowest BCUT2D eigenvalue weighted by Crippen LogP contribution is -2.28. The summed E-state index contributed by atoms with van der Waals surface area (Å²) in [6, 6.07) is 8.05. The minimum absolute atomic E-state index is 0.0185. The van der Waals surface area contributed by atoms with Crippen molar-refractivity contribution in [2.45, 2.75) is 52.0 Å². The number of fused-ring (bicyclic) bond motifs is 3. The largest absolute Gasteiger partial charge is 0.372 e. The maximum atomic E-state index is 13.7. The molecule has 0 fully saturated rings. The highest BCUT2D eigenvalue weighted by atomic mass is 32.2. The molecule has 0 N–H and O–H groups in total. The third-order valence-corrected chi connectivity index (χ3v) is 7.46. The average molecular weight is 427 g/mol. The first-order chi connectivity index (χ1) is 13.8. The Morgan fingerprint density at radius 1 is 1.38 bits per heavy atom. The van der Waals surface area contributed by atoms with Gasteiger partial charge in [-0.2, -0.15) is 0 Å². The van der Waals surface area contributed by atoms with Crippen LogP contribution in [0, 0.1) is 12.8 Å². The van der Waals surface area contributed by atoms with E-state index in [0.29, 0.717) is 17.7 Å². The molecule has 1 aromatic carbocycles. The highest BCUT2D eigenvalue weighted by Gasteiger charge is 2.28. The fraction of sp³-hybridized carbons (Fsp3) is 0.391. The van der Waals surface area contributed by atoms with E-state index in [1.54, 1.807) is 27.7 Å². The van der Waals surface area contributed by atoms with Gasteiger partial charge in [0.1, 0.15) is 4.83 Å². The molecular formula is C23H26N2O2S2. The Morgan fingerprint density at radius 2 is 2.10 bits per heavy atom. The molecule has 0 unspecified atom stereocenters. The van der Waals surface area contributed by atoms with E-state index in [0.717, 1.165) is 49.7 Å². The Balaban J connectivity index is 1.93. The summed E-state index contributed by atoms with van der Waals surface area (Å²) in [5.74, 6) is 1.14. The molecule has 0 spiro atoms. The van der Waals surface area contributed by atoms with Crippen LogP contribution in [0.5, 0.6) is 0 Å². The first-order valence-electron chi connectivity index (χ1n) is 9.88. The molecule has 4 rings (SSSR count). The SMILES string of the molecule is C=C(C)CSc1nc2sc3c(c2c(=O)n1-c1ccc(C)cc1)C[C@H](C(C)C)OC3. The fourth-order valence-electron chi connectivity index (χ4n) is 3.54. The van der Waals surface area contributed by atoms with Crippen molar-refractivity contribution in [3.8, 4) is 5.69 Å². The van der Waals surface area contributed by atoms with Crippen molar-refractivity contribution in [3.63, 3.8) is 0 Å². The highest BCUT2D eigenvalue weighted by molar-refractivity contribution is 7.99. The van der Waals surface area contributed by atoms with Crippen LogP contribution in [-0.4, -0.2) is 21.4 Å². The molecule has 0 amide bonds. The quantitative estimate of drug-likeness (QED) is 0.306. The van der Waals surface area contributed by atoms with E-state index in [-0.39, 0.29) is 11.7 Å². The Hall–Kier alpha value is -1.89. The van der Waals surface area contributed by atoms with Gasteiger partial charge in [0.25, 0.3) is 5.56 Å². The maximum Gasteiger partial charge on any atom is 0.267 e. The lowest BCUT2D eigenvalue weighted by atomic mass is 9.96. The smallest absolute Gasteiger partial charge is 0.267 e. The van der Waals surface area contributed by atoms with Crippen molar-refractivity contribution in [2.24, 2.45) is 5.92 Å². The summed E-state index contributed by atoms with van der Waals surface area (Å²) < 4.78 is 7.80. The zero-order valence-corrected chi connectivity index (χ0v) is 19.0. The number of thioether (sulfide) groups is 1. The molecule has 0 bridgehead atoms. The predicted octanol–water partition coefficient (Wildman–Crippen LogP) is 5.52. The van der Waals surface area contributed by atoms with Crippen molar-refractivity contribution in [1.82, 2.24) is 9.55 Å². The van der Waals surface area contributed by atoms with Gasteiger partial charge in [-0.15, -0.1) is 11.3 Å². The first kappa shape index (κ1) is 20.4. The van der Waals surface area contributed by atoms with Crippen LogP contribution < -0.4 is 5.56 Å². The second-order valence-electron chi connectivity index (χ2n) is 8.10. The standard InChI is InChI=1S/C23H26N2O2S2/c1-13(2)12-28-23-24-21-20(17-10-18(14(3)4)27-11-19(17)29-21)22(26)25(23)16-8-6-15(5)7-9-16/h6-9,14,18H,1,10-12H2,2-5H3/t18-/m1/s1. The molecule has 6 heteroatoms. The van der Waals surface area contributed by atoms with E-state index in [2.05, 4.69) is 20.4 Å². The normalized spacial score (nSPS) is 16.4. The van der Waals surface area contributed by atoms with Crippen LogP contribution in [0.15, 0.2) is 46.4 Å². The van der Waals surface area contributed by atoms with Gasteiger partial charge in [-0.3, -0.25) is 9.36 Å². The Morgan fingerprint density at radius 3 is 2.76 bits per heavy atom. The molecule has 0 saturated carbocycles. The summed E-state index contributed by atoms with van der Waals surface area (Å²) in [6.45, 7) is 12.9. The first-order valence-corrected chi connectivity index (χ1v) is 11.7. The van der Waals surface area contributed by atoms with Gasteiger partial charge >= 0.3 is 0 Å². The van der Waals surface area contributed by atoms with Gasteiger partial charge in [0.2, 0.25) is 0 Å². The number of ether oxygens (including phenoxy) is 1. The lowest BCUT2D eigenvalue weighted by molar-refractivity contribution is 0.00200. The number of aryl methyl sites for hydroxylation is 1. The van der Waals surface area contributed by atoms with E-state index >= 15 is 0 Å². The second-order valence-corrected chi connectivity index (χ2v) is 10.1. The van der Waals surface area contributed by atoms with Crippen LogP contribution in [0.4, 0.5) is 0 Å². The zero-order valence-electron chi connectivity index (χ0n) is 17.3. The second kappa shape index (κ2) is 8.09. The van der Waals surface area contributed by atoms with Gasteiger partial charge in [-0.25, -0.2) is 4.98 Å². The molecule has 152 valence electrons. The molecule has 3 heterocycles. The van der Waals surface area contributed by atoms with Gasteiger partial charge in [-0.05, 0) is 37.5 Å². The van der Waals surface area contributed by atoms with Crippen molar-refractivity contribution in [1.29, 1.82) is 0 Å². The number of thiophene rings is 1. The number of aromatic nitrogens is 2. The van der Waals surface area contributed by atoms with Crippen molar-refractivity contribution in [2.75, 3.05) is 5.75 Å². The molecular weight excluding hydrogens is 400 g/mol. The van der Waals surface area contributed by atoms with Crippen LogP contribution in [0.25, 0.3) is 15.9 Å². The summed E-state index contributed by atoms with van der Waals surface area (Å²) in [4.78, 5) is 20.6. The average Bonchev–Trinajstić information content (AvgIpc) is 3.05. The van der Waals surface area contributed by atoms with E-state index in [4.69, 9.17) is 9.72 Å². The van der Waals surface area contributed by atoms with Gasteiger partial charge in [-0.1, -0.05) is 55.5 Å². The van der Waals surface area contributed by atoms with E-state index in [1.165, 1.54) is 0 Å². The summed E-state index contributed by atoms with van der Waals surface area (Å²) in [5.41, 5.74) is 4.22. The van der Waals surface area contributed by atoms with Crippen LogP contribution in [-0.2, 0) is 17.8 Å². The topological polar surface area (TPSA) is 44.1 Å². The number of rotatable bonds is 5. The Labute approximate surface area is 179 Å². The highest BCUT2D eigenvalue weighted by Crippen LogP contribution is 2.36. The predicted molar refractivity (Wildman–Crippen MR) is 123 cm³/mol. The minimum Gasteiger partial charge on any atom is -0.372 e. The number of hydrogen-bond acceptors (Lipinski definition) is 5. The van der Waals surface area contributed by atoms with E-state index in [9.17, 15) is 4.79 Å². The third-order valence-electron chi connectivity index (χ3n) is 5.19. The number of nitrogens with zero attached hydrogens (tertiary/aromatic N) is 2. The van der Waals surface area contributed by atoms with Gasteiger partial charge < -0.3 is 4.74 Å². The molecule has 0 saturated heterocycles. The molecule has 0 radical (unpaired) electrons. The summed E-state index contributed by atoms with van der Waals surface area (Å²) in [6.07, 6.45) is 0.917. The van der Waals surface area contributed by atoms with Crippen molar-refractivity contribution < 1.29 is 4.74 Å².